The van der Waals surface area contributed by atoms with Gasteiger partial charge in [0.2, 0.25) is 11.8 Å². The maximum absolute atomic E-state index is 12.7. The molecule has 0 saturated carbocycles. The zero-order valence-corrected chi connectivity index (χ0v) is 16.3. The van der Waals surface area contributed by atoms with Gasteiger partial charge in [0.1, 0.15) is 17.7 Å². The number of amides is 4. The molecule has 4 heterocycles. The third kappa shape index (κ3) is 3.30. The van der Waals surface area contributed by atoms with Crippen LogP contribution in [0.5, 0.6) is 5.88 Å². The van der Waals surface area contributed by atoms with E-state index >= 15 is 0 Å². The number of nitrogens with zero attached hydrogens (tertiary/aromatic N) is 2. The lowest BCUT2D eigenvalue weighted by atomic mass is 9.90. The highest BCUT2D eigenvalue weighted by atomic mass is 16.5. The van der Waals surface area contributed by atoms with Crippen molar-refractivity contribution < 1.29 is 19.1 Å². The standard InChI is InChI=1S/C18H23N5O6/c1-17(2)14(26)23(16(28)21-17)9-11(24)22-6-3-4-18(5-7-22)8-10-12(25)19-15(27)20-13(10)29-18/h3-9H2,1-2H3,(H,21,28)(H2,19,20,25,27). The summed E-state index contributed by atoms with van der Waals surface area (Å²) in [5, 5.41) is 2.56. The lowest BCUT2D eigenvalue weighted by molar-refractivity contribution is -0.138. The molecule has 11 nitrogen and oxygen atoms in total. The average molecular weight is 405 g/mol. The number of hydrogen-bond acceptors (Lipinski definition) is 6. The zero-order chi connectivity index (χ0) is 21.0. The molecule has 1 spiro atoms. The van der Waals surface area contributed by atoms with Crippen LogP contribution in [0.3, 0.4) is 0 Å². The fourth-order valence-electron chi connectivity index (χ4n) is 4.21. The highest BCUT2D eigenvalue weighted by Gasteiger charge is 2.46. The van der Waals surface area contributed by atoms with Crippen molar-refractivity contribution in [2.75, 3.05) is 19.6 Å². The van der Waals surface area contributed by atoms with Crippen LogP contribution in [-0.4, -0.2) is 68.4 Å². The Labute approximate surface area is 165 Å². The molecule has 156 valence electrons. The SMILES string of the molecule is CC1(C)NC(=O)N(CC(=O)N2CCCC3(CC2)Cc2c([nH]c(=O)[nH]c2=O)O3)C1=O. The Morgan fingerprint density at radius 1 is 1.10 bits per heavy atom. The highest BCUT2D eigenvalue weighted by Crippen LogP contribution is 2.37. The first-order valence-corrected chi connectivity index (χ1v) is 9.57. The lowest BCUT2D eigenvalue weighted by Gasteiger charge is -2.27. The molecule has 0 aliphatic carbocycles. The molecule has 29 heavy (non-hydrogen) atoms. The second-order valence-corrected chi connectivity index (χ2v) is 8.36. The van der Waals surface area contributed by atoms with Crippen molar-refractivity contribution in [1.29, 1.82) is 0 Å². The summed E-state index contributed by atoms with van der Waals surface area (Å²) < 4.78 is 5.96. The molecule has 2 saturated heterocycles. The minimum atomic E-state index is -1.02. The van der Waals surface area contributed by atoms with Crippen LogP contribution in [0.1, 0.15) is 38.7 Å². The predicted molar refractivity (Wildman–Crippen MR) is 99.5 cm³/mol. The highest BCUT2D eigenvalue weighted by molar-refractivity contribution is 6.08. The van der Waals surface area contributed by atoms with Crippen LogP contribution in [0.2, 0.25) is 0 Å². The van der Waals surface area contributed by atoms with Crippen molar-refractivity contribution in [3.05, 3.63) is 26.4 Å². The number of carbonyl (C=O) groups is 3. The van der Waals surface area contributed by atoms with Gasteiger partial charge in [-0.3, -0.25) is 29.3 Å². The molecule has 0 bridgehead atoms. The topological polar surface area (TPSA) is 145 Å². The van der Waals surface area contributed by atoms with Crippen molar-refractivity contribution >= 4 is 17.8 Å². The molecule has 3 aliphatic rings. The van der Waals surface area contributed by atoms with Crippen LogP contribution >= 0.6 is 0 Å². The average Bonchev–Trinajstić information content (AvgIpc) is 2.96. The van der Waals surface area contributed by atoms with E-state index in [9.17, 15) is 24.0 Å². The maximum atomic E-state index is 12.7. The number of hydrogen-bond donors (Lipinski definition) is 3. The quantitative estimate of drug-likeness (QED) is 0.543. The van der Waals surface area contributed by atoms with Gasteiger partial charge in [0, 0.05) is 25.9 Å². The van der Waals surface area contributed by atoms with E-state index in [2.05, 4.69) is 15.3 Å². The summed E-state index contributed by atoms with van der Waals surface area (Å²) >= 11 is 0. The number of aromatic amines is 2. The van der Waals surface area contributed by atoms with Crippen molar-refractivity contribution in [2.24, 2.45) is 0 Å². The van der Waals surface area contributed by atoms with Crippen LogP contribution in [0.15, 0.2) is 9.59 Å². The first kappa shape index (κ1) is 19.2. The van der Waals surface area contributed by atoms with E-state index in [0.29, 0.717) is 44.3 Å². The molecule has 1 unspecified atom stereocenters. The molecule has 4 rings (SSSR count). The fraction of sp³-hybridized carbons (Fsp3) is 0.611. The van der Waals surface area contributed by atoms with E-state index in [4.69, 9.17) is 4.74 Å². The summed E-state index contributed by atoms with van der Waals surface area (Å²) in [6.45, 7) is 3.69. The Morgan fingerprint density at radius 3 is 2.55 bits per heavy atom. The van der Waals surface area contributed by atoms with Gasteiger partial charge in [0.25, 0.3) is 11.5 Å². The second kappa shape index (κ2) is 6.46. The Kier molecular flexibility index (Phi) is 4.28. The van der Waals surface area contributed by atoms with Crippen molar-refractivity contribution in [2.45, 2.75) is 50.7 Å². The molecular weight excluding hydrogens is 382 g/mol. The van der Waals surface area contributed by atoms with Gasteiger partial charge in [-0.15, -0.1) is 0 Å². The molecule has 1 aromatic rings. The van der Waals surface area contributed by atoms with Crippen LogP contribution in [0.25, 0.3) is 0 Å². The largest absolute Gasteiger partial charge is 0.471 e. The minimum absolute atomic E-state index is 0.195. The van der Waals surface area contributed by atoms with Crippen molar-refractivity contribution in [1.82, 2.24) is 25.1 Å². The smallest absolute Gasteiger partial charge is 0.328 e. The number of nitrogens with one attached hydrogen (secondary N) is 3. The lowest BCUT2D eigenvalue weighted by Crippen LogP contribution is -2.45. The van der Waals surface area contributed by atoms with Gasteiger partial charge >= 0.3 is 11.7 Å². The molecule has 3 N–H and O–H groups in total. The molecular formula is C18H23N5O6. The third-order valence-electron chi connectivity index (χ3n) is 5.81. The van der Waals surface area contributed by atoms with E-state index < -0.39 is 34.3 Å². The Bertz CT molecular complexity index is 1010. The van der Waals surface area contributed by atoms with Crippen LogP contribution in [0.4, 0.5) is 4.79 Å². The summed E-state index contributed by atoms with van der Waals surface area (Å²) in [6, 6.07) is -0.572. The summed E-state index contributed by atoms with van der Waals surface area (Å²) in [5.74, 6) is -0.551. The number of rotatable bonds is 2. The summed E-state index contributed by atoms with van der Waals surface area (Å²) in [5.41, 5.74) is -2.34. The van der Waals surface area contributed by atoms with Crippen molar-refractivity contribution in [3.8, 4) is 5.88 Å². The van der Waals surface area contributed by atoms with E-state index in [1.807, 2.05) is 0 Å². The summed E-state index contributed by atoms with van der Waals surface area (Å²) in [4.78, 5) is 67.8. The molecule has 0 aromatic carbocycles. The van der Waals surface area contributed by atoms with Crippen LogP contribution < -0.4 is 21.3 Å². The number of imide groups is 1. The molecule has 11 heteroatoms. The third-order valence-corrected chi connectivity index (χ3v) is 5.81. The van der Waals surface area contributed by atoms with Crippen molar-refractivity contribution in [3.63, 3.8) is 0 Å². The minimum Gasteiger partial charge on any atom is -0.471 e. The van der Waals surface area contributed by atoms with Crippen LogP contribution in [0, 0.1) is 0 Å². The monoisotopic (exact) mass is 405 g/mol. The van der Waals surface area contributed by atoms with Gasteiger partial charge in [0.05, 0.1) is 5.56 Å². The number of likely N-dealkylation sites (tertiary alicyclic amines) is 1. The maximum Gasteiger partial charge on any atom is 0.328 e. The molecule has 1 atom stereocenters. The number of urea groups is 1. The molecule has 2 fully saturated rings. The fourth-order valence-corrected chi connectivity index (χ4v) is 4.21. The number of carbonyl (C=O) groups excluding carboxylic acids is 3. The molecule has 1 aromatic heterocycles. The number of fused-ring (bicyclic) bond motifs is 1. The van der Waals surface area contributed by atoms with Gasteiger partial charge in [-0.1, -0.05) is 0 Å². The zero-order valence-electron chi connectivity index (χ0n) is 16.3. The van der Waals surface area contributed by atoms with Crippen LogP contribution in [-0.2, 0) is 16.0 Å². The van der Waals surface area contributed by atoms with E-state index in [0.717, 1.165) is 4.90 Å². The second-order valence-electron chi connectivity index (χ2n) is 8.36. The van der Waals surface area contributed by atoms with E-state index in [-0.39, 0.29) is 18.3 Å². The predicted octanol–water partition coefficient (Wildman–Crippen LogP) is -0.920. The Hall–Kier alpha value is -3.11. The number of aromatic nitrogens is 2. The van der Waals surface area contributed by atoms with E-state index in [1.54, 1.807) is 18.7 Å². The Morgan fingerprint density at radius 2 is 1.86 bits per heavy atom. The van der Waals surface area contributed by atoms with Gasteiger partial charge < -0.3 is 15.0 Å². The number of H-pyrrole nitrogens is 2. The van der Waals surface area contributed by atoms with Gasteiger partial charge in [-0.2, -0.15) is 0 Å². The van der Waals surface area contributed by atoms with Gasteiger partial charge in [0.15, 0.2) is 0 Å². The normalized spacial score (nSPS) is 25.6. The summed E-state index contributed by atoms with van der Waals surface area (Å²) in [7, 11) is 0. The van der Waals surface area contributed by atoms with Gasteiger partial charge in [-0.05, 0) is 26.7 Å². The molecule has 0 radical (unpaired) electrons. The van der Waals surface area contributed by atoms with Gasteiger partial charge in [-0.25, -0.2) is 9.59 Å². The summed E-state index contributed by atoms with van der Waals surface area (Å²) in [6.07, 6.45) is 2.08. The molecule has 3 aliphatic heterocycles. The van der Waals surface area contributed by atoms with E-state index in [1.165, 1.54) is 0 Å². The first-order chi connectivity index (χ1) is 13.6. The number of ether oxygens (including phenoxy) is 1. The first-order valence-electron chi connectivity index (χ1n) is 9.57. The Balaban J connectivity index is 1.43. The molecule has 4 amide bonds.